The molecule has 0 aliphatic carbocycles. The molecule has 1 aromatic rings. The van der Waals surface area contributed by atoms with Gasteiger partial charge in [-0.1, -0.05) is 6.92 Å². The van der Waals surface area contributed by atoms with Crippen LogP contribution in [0.4, 0.5) is 0 Å². The second-order valence-electron chi connectivity index (χ2n) is 1.77. The molecule has 0 spiro atoms. The highest BCUT2D eigenvalue weighted by Gasteiger charge is 2.00. The minimum Gasteiger partial charge on any atom is -0.480 e. The Morgan fingerprint density at radius 1 is 1.60 bits per heavy atom. The molecule has 0 atom stereocenters. The van der Waals surface area contributed by atoms with E-state index in [1.54, 1.807) is 7.11 Å². The monoisotopic (exact) mass is 139 g/mol. The van der Waals surface area contributed by atoms with E-state index in [1.807, 2.05) is 6.92 Å². The lowest BCUT2D eigenvalue weighted by molar-refractivity contribution is 0.387. The molecule has 0 radical (unpaired) electrons. The van der Waals surface area contributed by atoms with Crippen molar-refractivity contribution in [3.05, 3.63) is 12.0 Å². The van der Waals surface area contributed by atoms with Gasteiger partial charge >= 0.3 is 0 Å². The largest absolute Gasteiger partial charge is 0.480 e. The molecule has 0 aliphatic heterocycles. The SMILES string of the molecule is CCc1nncnc1OC. The molecule has 4 heteroatoms. The Hall–Kier alpha value is -1.19. The number of methoxy groups -OCH3 is 1. The first kappa shape index (κ1) is 6.92. The molecule has 0 unspecified atom stereocenters. The zero-order chi connectivity index (χ0) is 7.40. The first-order valence-electron chi connectivity index (χ1n) is 3.09. The molecule has 0 bridgehead atoms. The summed E-state index contributed by atoms with van der Waals surface area (Å²) in [5.74, 6) is 0.567. The molecule has 54 valence electrons. The van der Waals surface area contributed by atoms with Crippen LogP contribution in [0.5, 0.6) is 5.88 Å². The number of ether oxygens (including phenoxy) is 1. The van der Waals surface area contributed by atoms with E-state index >= 15 is 0 Å². The molecular formula is C6H9N3O. The van der Waals surface area contributed by atoms with Crippen molar-refractivity contribution in [1.82, 2.24) is 15.2 Å². The molecule has 10 heavy (non-hydrogen) atoms. The molecule has 1 rings (SSSR count). The van der Waals surface area contributed by atoms with Crippen molar-refractivity contribution in [2.24, 2.45) is 0 Å². The Bertz CT molecular complexity index is 191. The number of hydrogen-bond donors (Lipinski definition) is 0. The fourth-order valence-corrected chi connectivity index (χ4v) is 0.684. The first-order valence-corrected chi connectivity index (χ1v) is 3.09. The van der Waals surface area contributed by atoms with Gasteiger partial charge in [-0.2, -0.15) is 4.98 Å². The summed E-state index contributed by atoms with van der Waals surface area (Å²) < 4.78 is 4.92. The number of hydrogen-bond acceptors (Lipinski definition) is 4. The van der Waals surface area contributed by atoms with Gasteiger partial charge in [-0.05, 0) is 6.42 Å². The predicted octanol–water partition coefficient (Wildman–Crippen LogP) is 0.443. The van der Waals surface area contributed by atoms with E-state index in [4.69, 9.17) is 4.74 Å². The van der Waals surface area contributed by atoms with Crippen LogP contribution in [0.25, 0.3) is 0 Å². The zero-order valence-electron chi connectivity index (χ0n) is 6.03. The van der Waals surface area contributed by atoms with Crippen molar-refractivity contribution in [2.45, 2.75) is 13.3 Å². The lowest BCUT2D eigenvalue weighted by Crippen LogP contribution is -1.98. The summed E-state index contributed by atoms with van der Waals surface area (Å²) in [5.41, 5.74) is 0.796. The lowest BCUT2D eigenvalue weighted by atomic mass is 10.3. The van der Waals surface area contributed by atoms with Crippen molar-refractivity contribution >= 4 is 0 Å². The van der Waals surface area contributed by atoms with Gasteiger partial charge in [0.1, 0.15) is 12.0 Å². The highest BCUT2D eigenvalue weighted by molar-refractivity contribution is 5.14. The Balaban J connectivity index is 2.96. The van der Waals surface area contributed by atoms with Gasteiger partial charge in [-0.15, -0.1) is 10.2 Å². The second kappa shape index (κ2) is 3.10. The zero-order valence-corrected chi connectivity index (χ0v) is 6.03. The molecule has 1 aromatic heterocycles. The lowest BCUT2D eigenvalue weighted by Gasteiger charge is -1.99. The maximum atomic E-state index is 4.92. The molecule has 1 heterocycles. The van der Waals surface area contributed by atoms with Crippen LogP contribution in [-0.4, -0.2) is 22.3 Å². The Morgan fingerprint density at radius 3 is 2.90 bits per heavy atom. The third-order valence-corrected chi connectivity index (χ3v) is 1.18. The van der Waals surface area contributed by atoms with E-state index in [0.717, 1.165) is 12.1 Å². The van der Waals surface area contributed by atoms with Crippen LogP contribution >= 0.6 is 0 Å². The molecule has 0 fully saturated rings. The third-order valence-electron chi connectivity index (χ3n) is 1.18. The topological polar surface area (TPSA) is 47.9 Å². The number of aromatic nitrogens is 3. The molecule has 0 saturated carbocycles. The van der Waals surface area contributed by atoms with Gasteiger partial charge in [-0.3, -0.25) is 0 Å². The number of nitrogens with zero attached hydrogens (tertiary/aromatic N) is 3. The summed E-state index contributed by atoms with van der Waals surface area (Å²) in [6, 6.07) is 0. The fourth-order valence-electron chi connectivity index (χ4n) is 0.684. The highest BCUT2D eigenvalue weighted by atomic mass is 16.5. The number of rotatable bonds is 2. The van der Waals surface area contributed by atoms with E-state index in [9.17, 15) is 0 Å². The second-order valence-corrected chi connectivity index (χ2v) is 1.77. The molecule has 0 N–H and O–H groups in total. The van der Waals surface area contributed by atoms with Gasteiger partial charge in [0.15, 0.2) is 0 Å². The van der Waals surface area contributed by atoms with Crippen LogP contribution in [0.3, 0.4) is 0 Å². The smallest absolute Gasteiger partial charge is 0.238 e. The summed E-state index contributed by atoms with van der Waals surface area (Å²) in [7, 11) is 1.57. The average Bonchev–Trinajstić information content (AvgIpc) is 2.04. The van der Waals surface area contributed by atoms with Gasteiger partial charge in [0.2, 0.25) is 5.88 Å². The summed E-state index contributed by atoms with van der Waals surface area (Å²) in [6.45, 7) is 1.98. The first-order chi connectivity index (χ1) is 4.88. The van der Waals surface area contributed by atoms with E-state index in [1.165, 1.54) is 6.33 Å². The van der Waals surface area contributed by atoms with Gasteiger partial charge in [0.25, 0.3) is 0 Å². The molecule has 0 saturated heterocycles. The molecule has 4 nitrogen and oxygen atoms in total. The minimum atomic E-state index is 0.567. The van der Waals surface area contributed by atoms with Crippen molar-refractivity contribution in [3.63, 3.8) is 0 Å². The van der Waals surface area contributed by atoms with Crippen LogP contribution in [0, 0.1) is 0 Å². The van der Waals surface area contributed by atoms with Crippen molar-refractivity contribution in [3.8, 4) is 5.88 Å². The molecule has 0 amide bonds. The maximum Gasteiger partial charge on any atom is 0.238 e. The maximum absolute atomic E-state index is 4.92. The van der Waals surface area contributed by atoms with E-state index < -0.39 is 0 Å². The summed E-state index contributed by atoms with van der Waals surface area (Å²) >= 11 is 0. The van der Waals surface area contributed by atoms with Crippen LogP contribution in [0.2, 0.25) is 0 Å². The summed E-state index contributed by atoms with van der Waals surface area (Å²) in [6.07, 6.45) is 2.17. The van der Waals surface area contributed by atoms with Crippen LogP contribution in [-0.2, 0) is 6.42 Å². The standard InChI is InChI=1S/C6H9N3O/c1-3-5-6(10-2)7-4-8-9-5/h4H,3H2,1-2H3. The fraction of sp³-hybridized carbons (Fsp3) is 0.500. The van der Waals surface area contributed by atoms with Gasteiger partial charge in [0.05, 0.1) is 7.11 Å². The van der Waals surface area contributed by atoms with Crippen molar-refractivity contribution in [1.29, 1.82) is 0 Å². The Labute approximate surface area is 59.3 Å². The Morgan fingerprint density at radius 2 is 2.40 bits per heavy atom. The molecular weight excluding hydrogens is 130 g/mol. The average molecular weight is 139 g/mol. The Kier molecular flexibility index (Phi) is 2.15. The van der Waals surface area contributed by atoms with E-state index in [0.29, 0.717) is 5.88 Å². The van der Waals surface area contributed by atoms with Crippen molar-refractivity contribution < 1.29 is 4.74 Å². The highest BCUT2D eigenvalue weighted by Crippen LogP contribution is 2.08. The quantitative estimate of drug-likeness (QED) is 0.596. The minimum absolute atomic E-state index is 0.567. The van der Waals surface area contributed by atoms with Gasteiger partial charge in [0, 0.05) is 0 Å². The van der Waals surface area contributed by atoms with E-state index in [2.05, 4.69) is 15.2 Å². The summed E-state index contributed by atoms with van der Waals surface area (Å²) in [5, 5.41) is 7.45. The third kappa shape index (κ3) is 1.21. The van der Waals surface area contributed by atoms with Gasteiger partial charge in [-0.25, -0.2) is 0 Å². The molecule has 0 aromatic carbocycles. The van der Waals surface area contributed by atoms with Crippen molar-refractivity contribution in [2.75, 3.05) is 7.11 Å². The van der Waals surface area contributed by atoms with E-state index in [-0.39, 0.29) is 0 Å². The normalized spacial score (nSPS) is 9.40. The van der Waals surface area contributed by atoms with Gasteiger partial charge < -0.3 is 4.74 Å². The summed E-state index contributed by atoms with van der Waals surface area (Å²) in [4.78, 5) is 3.87. The predicted molar refractivity (Wildman–Crippen MR) is 35.8 cm³/mol. The van der Waals surface area contributed by atoms with Crippen LogP contribution < -0.4 is 4.74 Å². The number of aryl methyl sites for hydroxylation is 1. The van der Waals surface area contributed by atoms with Crippen LogP contribution in [0.15, 0.2) is 6.33 Å². The van der Waals surface area contributed by atoms with Crippen LogP contribution in [0.1, 0.15) is 12.6 Å². The molecule has 0 aliphatic rings.